The van der Waals surface area contributed by atoms with Gasteiger partial charge < -0.3 is 15.5 Å². The lowest BCUT2D eigenvalue weighted by Gasteiger charge is -2.26. The summed E-state index contributed by atoms with van der Waals surface area (Å²) in [6.45, 7) is 2.38. The number of likely N-dealkylation sites (tertiary alicyclic amines) is 1. The number of hydrogen-bond acceptors (Lipinski definition) is 3. The smallest absolute Gasteiger partial charge is 0.251 e. The molecule has 0 bridgehead atoms. The Bertz CT molecular complexity index is 965. The van der Waals surface area contributed by atoms with Crippen LogP contribution >= 0.6 is 0 Å². The molecule has 0 aliphatic carbocycles. The summed E-state index contributed by atoms with van der Waals surface area (Å²) >= 11 is 0. The maximum atomic E-state index is 12.6. The van der Waals surface area contributed by atoms with Gasteiger partial charge in [0, 0.05) is 31.1 Å². The summed E-state index contributed by atoms with van der Waals surface area (Å²) in [5, 5.41) is 5.71. The van der Waals surface area contributed by atoms with Gasteiger partial charge in [0.25, 0.3) is 5.91 Å². The van der Waals surface area contributed by atoms with Gasteiger partial charge >= 0.3 is 0 Å². The number of carbonyl (C=O) groups is 3. The minimum atomic E-state index is -0.239. The molecule has 6 nitrogen and oxygen atoms in total. The minimum Gasteiger partial charge on any atom is -0.356 e. The van der Waals surface area contributed by atoms with Crippen LogP contribution in [0.1, 0.15) is 48.0 Å². The fourth-order valence-corrected chi connectivity index (χ4v) is 4.50. The van der Waals surface area contributed by atoms with E-state index in [2.05, 4.69) is 22.8 Å². The van der Waals surface area contributed by atoms with Crippen LogP contribution in [0.2, 0.25) is 0 Å². The number of nitrogens with one attached hydrogen (secondary N) is 2. The molecule has 1 atom stereocenters. The molecule has 2 aromatic rings. The fourth-order valence-electron chi connectivity index (χ4n) is 4.50. The molecule has 0 saturated carbocycles. The summed E-state index contributed by atoms with van der Waals surface area (Å²) in [4.78, 5) is 38.7. The Morgan fingerprint density at radius 1 is 0.969 bits per heavy atom. The van der Waals surface area contributed by atoms with E-state index in [1.54, 1.807) is 6.07 Å². The average Bonchev–Trinajstić information content (AvgIpc) is 2.85. The molecule has 0 unspecified atom stereocenters. The van der Waals surface area contributed by atoms with E-state index in [-0.39, 0.29) is 30.2 Å². The van der Waals surface area contributed by atoms with Gasteiger partial charge in [-0.2, -0.15) is 0 Å². The van der Waals surface area contributed by atoms with Crippen LogP contribution in [0.15, 0.2) is 48.5 Å². The predicted molar refractivity (Wildman–Crippen MR) is 124 cm³/mol. The van der Waals surface area contributed by atoms with E-state index in [0.717, 1.165) is 68.4 Å². The Morgan fingerprint density at radius 3 is 2.50 bits per heavy atom. The second kappa shape index (κ2) is 10.4. The fraction of sp³-hybridized carbons (Fsp3) is 0.423. The maximum Gasteiger partial charge on any atom is 0.251 e. The molecular formula is C26H31N3O3. The predicted octanol–water partition coefficient (Wildman–Crippen LogP) is 3.16. The molecule has 2 aliphatic heterocycles. The number of amides is 3. The molecule has 2 fully saturated rings. The van der Waals surface area contributed by atoms with Crippen molar-refractivity contribution >= 4 is 17.7 Å². The molecule has 168 valence electrons. The molecule has 2 aliphatic rings. The summed E-state index contributed by atoms with van der Waals surface area (Å²) in [5.41, 5.74) is 3.64. The van der Waals surface area contributed by atoms with Crippen molar-refractivity contribution in [3.63, 3.8) is 0 Å². The highest BCUT2D eigenvalue weighted by Gasteiger charge is 2.22. The lowest BCUT2D eigenvalue weighted by molar-refractivity contribution is -0.131. The zero-order valence-electron chi connectivity index (χ0n) is 18.4. The Morgan fingerprint density at radius 2 is 1.75 bits per heavy atom. The summed E-state index contributed by atoms with van der Waals surface area (Å²) in [6, 6.07) is 15.6. The SMILES string of the molecule is O=C(NCC(=O)N1CCCCC1)c1cccc(-c2ccc(C[C@@H]3CCCNC3=O)cc2)c1. The normalized spacial score (nSPS) is 18.7. The lowest BCUT2D eigenvalue weighted by atomic mass is 9.91. The van der Waals surface area contributed by atoms with Crippen LogP contribution in [0.4, 0.5) is 0 Å². The number of rotatable bonds is 6. The van der Waals surface area contributed by atoms with Gasteiger partial charge in [0.05, 0.1) is 6.54 Å². The summed E-state index contributed by atoms with van der Waals surface area (Å²) in [6.07, 6.45) is 5.96. The number of benzene rings is 2. The molecule has 0 aromatic heterocycles. The monoisotopic (exact) mass is 433 g/mol. The number of piperidine rings is 2. The van der Waals surface area contributed by atoms with E-state index in [9.17, 15) is 14.4 Å². The first-order valence-corrected chi connectivity index (χ1v) is 11.6. The van der Waals surface area contributed by atoms with Gasteiger partial charge in [0.1, 0.15) is 0 Å². The lowest BCUT2D eigenvalue weighted by Crippen LogP contribution is -2.42. The van der Waals surface area contributed by atoms with E-state index in [4.69, 9.17) is 0 Å². The highest BCUT2D eigenvalue weighted by Crippen LogP contribution is 2.23. The number of nitrogens with zero attached hydrogens (tertiary/aromatic N) is 1. The van der Waals surface area contributed by atoms with Gasteiger partial charge in [-0.25, -0.2) is 0 Å². The third-order valence-electron chi connectivity index (χ3n) is 6.40. The molecule has 0 spiro atoms. The molecule has 4 rings (SSSR count). The third-order valence-corrected chi connectivity index (χ3v) is 6.40. The van der Waals surface area contributed by atoms with Gasteiger partial charge in [0.2, 0.25) is 11.8 Å². The molecular weight excluding hydrogens is 402 g/mol. The van der Waals surface area contributed by atoms with Crippen molar-refractivity contribution in [1.82, 2.24) is 15.5 Å². The minimum absolute atomic E-state index is 0.0172. The topological polar surface area (TPSA) is 78.5 Å². The van der Waals surface area contributed by atoms with Crippen molar-refractivity contribution in [1.29, 1.82) is 0 Å². The van der Waals surface area contributed by atoms with Crippen molar-refractivity contribution in [2.45, 2.75) is 38.5 Å². The molecule has 32 heavy (non-hydrogen) atoms. The van der Waals surface area contributed by atoms with Gasteiger partial charge in [0.15, 0.2) is 0 Å². The maximum absolute atomic E-state index is 12.6. The van der Waals surface area contributed by atoms with Crippen LogP contribution in [-0.2, 0) is 16.0 Å². The molecule has 2 heterocycles. The van der Waals surface area contributed by atoms with Crippen molar-refractivity contribution in [2.75, 3.05) is 26.2 Å². The van der Waals surface area contributed by atoms with Gasteiger partial charge in [-0.05, 0) is 67.3 Å². The first-order chi connectivity index (χ1) is 15.6. The van der Waals surface area contributed by atoms with Crippen LogP contribution in [-0.4, -0.2) is 48.8 Å². The molecule has 2 N–H and O–H groups in total. The molecule has 0 radical (unpaired) electrons. The largest absolute Gasteiger partial charge is 0.356 e. The van der Waals surface area contributed by atoms with Gasteiger partial charge in [-0.15, -0.1) is 0 Å². The second-order valence-corrected chi connectivity index (χ2v) is 8.74. The highest BCUT2D eigenvalue weighted by atomic mass is 16.2. The first kappa shape index (κ1) is 22.1. The van der Waals surface area contributed by atoms with Crippen LogP contribution in [0.3, 0.4) is 0 Å². The van der Waals surface area contributed by atoms with Gasteiger partial charge in [-0.1, -0.05) is 36.4 Å². The van der Waals surface area contributed by atoms with Gasteiger partial charge in [-0.3, -0.25) is 14.4 Å². The second-order valence-electron chi connectivity index (χ2n) is 8.74. The Kier molecular flexibility index (Phi) is 7.20. The van der Waals surface area contributed by atoms with E-state index >= 15 is 0 Å². The van der Waals surface area contributed by atoms with Crippen LogP contribution in [0.5, 0.6) is 0 Å². The summed E-state index contributed by atoms with van der Waals surface area (Å²) < 4.78 is 0. The van der Waals surface area contributed by atoms with Crippen molar-refractivity contribution in [3.05, 3.63) is 59.7 Å². The zero-order valence-corrected chi connectivity index (χ0v) is 18.4. The Labute approximate surface area is 189 Å². The molecule has 2 aromatic carbocycles. The molecule has 2 saturated heterocycles. The van der Waals surface area contributed by atoms with E-state index < -0.39 is 0 Å². The highest BCUT2D eigenvalue weighted by molar-refractivity contribution is 5.97. The molecule has 6 heteroatoms. The quantitative estimate of drug-likeness (QED) is 0.735. The summed E-state index contributed by atoms with van der Waals surface area (Å²) in [5.74, 6) is -0.0549. The Hall–Kier alpha value is -3.15. The van der Waals surface area contributed by atoms with E-state index in [1.807, 2.05) is 35.2 Å². The zero-order chi connectivity index (χ0) is 22.3. The summed E-state index contributed by atoms with van der Waals surface area (Å²) in [7, 11) is 0. The number of hydrogen-bond donors (Lipinski definition) is 2. The standard InChI is InChI=1S/C26H31N3O3/c30-24(29-14-2-1-3-15-29)18-28-26(32)23-7-4-6-21(17-23)20-11-9-19(10-12-20)16-22-8-5-13-27-25(22)31/h4,6-7,9-12,17,22H,1-3,5,8,13-16,18H2,(H,27,31)(H,28,32)/t22-/m0/s1. The van der Waals surface area contributed by atoms with E-state index in [0.29, 0.717) is 5.56 Å². The van der Waals surface area contributed by atoms with Crippen molar-refractivity contribution in [3.8, 4) is 11.1 Å². The number of carbonyl (C=O) groups excluding carboxylic acids is 3. The van der Waals surface area contributed by atoms with Crippen molar-refractivity contribution < 1.29 is 14.4 Å². The van der Waals surface area contributed by atoms with Crippen LogP contribution < -0.4 is 10.6 Å². The van der Waals surface area contributed by atoms with Crippen molar-refractivity contribution in [2.24, 2.45) is 5.92 Å². The van der Waals surface area contributed by atoms with E-state index in [1.165, 1.54) is 6.42 Å². The third kappa shape index (κ3) is 5.55. The van der Waals surface area contributed by atoms with Crippen LogP contribution in [0, 0.1) is 5.92 Å². The average molecular weight is 434 g/mol. The Balaban J connectivity index is 1.36. The first-order valence-electron chi connectivity index (χ1n) is 11.6. The molecule has 3 amide bonds. The van der Waals surface area contributed by atoms with Crippen LogP contribution in [0.25, 0.3) is 11.1 Å².